The maximum absolute atomic E-state index is 11.3. The van der Waals surface area contributed by atoms with Gasteiger partial charge in [-0.1, -0.05) is 6.58 Å². The van der Waals surface area contributed by atoms with Crippen molar-refractivity contribution in [2.45, 2.75) is 26.3 Å². The molecule has 0 radical (unpaired) electrons. The topological polar surface area (TPSA) is 66.4 Å². The fourth-order valence-electron chi connectivity index (χ4n) is 0.668. The molecule has 0 aliphatic carbocycles. The number of carboxylic acid groups (broad SMARTS) is 1. The molecule has 0 fully saturated rings. The number of aliphatic carboxylic acids is 1. The van der Waals surface area contributed by atoms with Crippen molar-refractivity contribution >= 4 is 11.9 Å². The van der Waals surface area contributed by atoms with Gasteiger partial charge in [0.1, 0.15) is 0 Å². The second-order valence-corrected chi connectivity index (χ2v) is 3.90. The third kappa shape index (κ3) is 5.99. The zero-order chi connectivity index (χ0) is 11.4. The van der Waals surface area contributed by atoms with Crippen LogP contribution in [0.5, 0.6) is 0 Å². The molecule has 4 heteroatoms. The smallest absolute Gasteiger partial charge is 0.328 e. The first kappa shape index (κ1) is 12.4. The molecule has 0 bridgehead atoms. The van der Waals surface area contributed by atoms with E-state index in [2.05, 4.69) is 11.9 Å². The highest BCUT2D eigenvalue weighted by molar-refractivity contribution is 5.97. The van der Waals surface area contributed by atoms with E-state index in [9.17, 15) is 9.59 Å². The van der Waals surface area contributed by atoms with E-state index < -0.39 is 5.97 Å². The highest BCUT2D eigenvalue weighted by atomic mass is 16.4. The molecule has 0 aromatic rings. The molecule has 78 valence electrons. The van der Waals surface area contributed by atoms with Crippen molar-refractivity contribution < 1.29 is 14.7 Å². The van der Waals surface area contributed by atoms with Crippen LogP contribution in [-0.4, -0.2) is 22.5 Å². The highest BCUT2D eigenvalue weighted by Gasteiger charge is 2.14. The van der Waals surface area contributed by atoms with Crippen LogP contribution < -0.4 is 5.32 Å². The summed E-state index contributed by atoms with van der Waals surface area (Å²) < 4.78 is 0. The summed E-state index contributed by atoms with van der Waals surface area (Å²) in [5.74, 6) is -1.47. The number of carbonyl (C=O) groups excluding carboxylic acids is 1. The van der Waals surface area contributed by atoms with Gasteiger partial charge in [-0.05, 0) is 26.8 Å². The SMILES string of the molecule is C=C(C=CC(=O)O)C(=O)NC(C)(C)C. The molecule has 0 aromatic heterocycles. The van der Waals surface area contributed by atoms with E-state index in [1.165, 1.54) is 6.08 Å². The number of rotatable bonds is 3. The standard InChI is InChI=1S/C10H15NO3/c1-7(5-6-8(12)13)9(14)11-10(2,3)4/h5-6H,1H2,2-4H3,(H,11,14)(H,12,13). The highest BCUT2D eigenvalue weighted by Crippen LogP contribution is 2.02. The lowest BCUT2D eigenvalue weighted by Crippen LogP contribution is -2.40. The third-order valence-electron chi connectivity index (χ3n) is 1.21. The van der Waals surface area contributed by atoms with E-state index in [4.69, 9.17) is 5.11 Å². The van der Waals surface area contributed by atoms with Gasteiger partial charge in [-0.2, -0.15) is 0 Å². The first-order chi connectivity index (χ1) is 6.22. The third-order valence-corrected chi connectivity index (χ3v) is 1.21. The molecule has 0 unspecified atom stereocenters. The number of hydrogen-bond donors (Lipinski definition) is 2. The molecule has 0 aliphatic rings. The summed E-state index contributed by atoms with van der Waals surface area (Å²) in [6.07, 6.45) is 2.05. The van der Waals surface area contributed by atoms with Crippen molar-refractivity contribution in [2.24, 2.45) is 0 Å². The lowest BCUT2D eigenvalue weighted by atomic mass is 10.1. The molecule has 14 heavy (non-hydrogen) atoms. The van der Waals surface area contributed by atoms with Gasteiger partial charge in [0.2, 0.25) is 0 Å². The lowest BCUT2D eigenvalue weighted by Gasteiger charge is -2.20. The van der Waals surface area contributed by atoms with Gasteiger partial charge in [0.05, 0.1) is 0 Å². The normalized spacial score (nSPS) is 11.4. The molecule has 0 aliphatic heterocycles. The van der Waals surface area contributed by atoms with Crippen molar-refractivity contribution in [3.63, 3.8) is 0 Å². The molecule has 0 atom stereocenters. The van der Waals surface area contributed by atoms with Crippen LogP contribution in [0.4, 0.5) is 0 Å². The Bertz CT molecular complexity index is 284. The molecule has 0 rings (SSSR count). The number of amides is 1. The Labute approximate surface area is 83.3 Å². The van der Waals surface area contributed by atoms with Crippen LogP contribution in [-0.2, 0) is 9.59 Å². The number of hydrogen-bond acceptors (Lipinski definition) is 2. The average Bonchev–Trinajstić information content (AvgIpc) is 1.96. The van der Waals surface area contributed by atoms with E-state index in [1.807, 2.05) is 20.8 Å². The second kappa shape index (κ2) is 4.60. The molecular weight excluding hydrogens is 182 g/mol. The van der Waals surface area contributed by atoms with E-state index in [0.717, 1.165) is 6.08 Å². The average molecular weight is 197 g/mol. The van der Waals surface area contributed by atoms with Crippen LogP contribution in [0.2, 0.25) is 0 Å². The molecule has 1 amide bonds. The molecule has 0 aromatic carbocycles. The summed E-state index contributed by atoms with van der Waals surface area (Å²) in [6.45, 7) is 8.95. The summed E-state index contributed by atoms with van der Waals surface area (Å²) in [7, 11) is 0. The predicted octanol–water partition coefficient (Wildman–Crippen LogP) is 1.10. The van der Waals surface area contributed by atoms with Gasteiger partial charge >= 0.3 is 5.97 Å². The van der Waals surface area contributed by atoms with Crippen molar-refractivity contribution in [1.82, 2.24) is 5.32 Å². The van der Waals surface area contributed by atoms with Crippen LogP contribution in [0.15, 0.2) is 24.3 Å². The van der Waals surface area contributed by atoms with Crippen molar-refractivity contribution in [2.75, 3.05) is 0 Å². The molecule has 0 saturated carbocycles. The van der Waals surface area contributed by atoms with Crippen LogP contribution in [0, 0.1) is 0 Å². The van der Waals surface area contributed by atoms with Gasteiger partial charge < -0.3 is 10.4 Å². The Morgan fingerprint density at radius 1 is 1.29 bits per heavy atom. The van der Waals surface area contributed by atoms with E-state index in [1.54, 1.807) is 0 Å². The molecule has 0 heterocycles. The molecule has 0 saturated heterocycles. The first-order valence-electron chi connectivity index (χ1n) is 4.15. The second-order valence-electron chi connectivity index (χ2n) is 3.90. The monoisotopic (exact) mass is 197 g/mol. The molecule has 0 spiro atoms. The fraction of sp³-hybridized carbons (Fsp3) is 0.400. The van der Waals surface area contributed by atoms with Gasteiger partial charge in [-0.15, -0.1) is 0 Å². The van der Waals surface area contributed by atoms with Crippen molar-refractivity contribution in [3.8, 4) is 0 Å². The molecule has 4 nitrogen and oxygen atoms in total. The Morgan fingerprint density at radius 3 is 2.14 bits per heavy atom. The summed E-state index contributed by atoms with van der Waals surface area (Å²) in [5, 5.41) is 11.0. The van der Waals surface area contributed by atoms with Crippen molar-refractivity contribution in [3.05, 3.63) is 24.3 Å². The Morgan fingerprint density at radius 2 is 1.79 bits per heavy atom. The van der Waals surface area contributed by atoms with Gasteiger partial charge in [-0.3, -0.25) is 4.79 Å². The maximum atomic E-state index is 11.3. The van der Waals surface area contributed by atoms with E-state index in [0.29, 0.717) is 0 Å². The maximum Gasteiger partial charge on any atom is 0.328 e. The quantitative estimate of drug-likeness (QED) is 0.526. The lowest BCUT2D eigenvalue weighted by molar-refractivity contribution is -0.131. The summed E-state index contributed by atoms with van der Waals surface area (Å²) in [6, 6.07) is 0. The van der Waals surface area contributed by atoms with Gasteiger partial charge in [0, 0.05) is 17.2 Å². The first-order valence-corrected chi connectivity index (χ1v) is 4.15. The number of carbonyl (C=O) groups is 2. The zero-order valence-corrected chi connectivity index (χ0v) is 8.63. The zero-order valence-electron chi connectivity index (χ0n) is 8.63. The molecular formula is C10H15NO3. The Balaban J connectivity index is 4.28. The minimum absolute atomic E-state index is 0.127. The van der Waals surface area contributed by atoms with Gasteiger partial charge in [0.25, 0.3) is 5.91 Å². The number of nitrogens with one attached hydrogen (secondary N) is 1. The Kier molecular flexibility index (Phi) is 4.08. The van der Waals surface area contributed by atoms with Gasteiger partial charge in [0.15, 0.2) is 0 Å². The van der Waals surface area contributed by atoms with Crippen LogP contribution >= 0.6 is 0 Å². The van der Waals surface area contributed by atoms with Crippen LogP contribution in [0.25, 0.3) is 0 Å². The van der Waals surface area contributed by atoms with E-state index >= 15 is 0 Å². The molecule has 2 N–H and O–H groups in total. The minimum Gasteiger partial charge on any atom is -0.478 e. The predicted molar refractivity (Wildman–Crippen MR) is 53.8 cm³/mol. The number of carboxylic acids is 1. The Hall–Kier alpha value is -1.58. The summed E-state index contributed by atoms with van der Waals surface area (Å²) in [5.41, 5.74) is -0.223. The van der Waals surface area contributed by atoms with Gasteiger partial charge in [-0.25, -0.2) is 4.79 Å². The minimum atomic E-state index is -1.10. The summed E-state index contributed by atoms with van der Waals surface area (Å²) >= 11 is 0. The van der Waals surface area contributed by atoms with Crippen LogP contribution in [0.1, 0.15) is 20.8 Å². The summed E-state index contributed by atoms with van der Waals surface area (Å²) in [4.78, 5) is 21.5. The van der Waals surface area contributed by atoms with E-state index in [-0.39, 0.29) is 17.0 Å². The van der Waals surface area contributed by atoms with Crippen LogP contribution in [0.3, 0.4) is 0 Å². The van der Waals surface area contributed by atoms with Crippen molar-refractivity contribution in [1.29, 1.82) is 0 Å². The fourth-order valence-corrected chi connectivity index (χ4v) is 0.668. The largest absolute Gasteiger partial charge is 0.478 e.